The highest BCUT2D eigenvalue weighted by Crippen LogP contribution is 2.13. The molecule has 12 heteroatoms. The van der Waals surface area contributed by atoms with Gasteiger partial charge in [0.05, 0.1) is 9.79 Å². The van der Waals surface area contributed by atoms with Crippen molar-refractivity contribution >= 4 is 43.2 Å². The molecule has 10 nitrogen and oxygen atoms in total. The molecule has 0 atom stereocenters. The minimum Gasteiger partial charge on any atom is -0.399 e. The number of hydrogen-bond donors (Lipinski definition) is 4. The second-order valence-corrected chi connectivity index (χ2v) is 9.77. The van der Waals surface area contributed by atoms with Gasteiger partial charge in [-0.15, -0.1) is 0 Å². The molecule has 0 bridgehead atoms. The number of benzene rings is 2. The van der Waals surface area contributed by atoms with E-state index in [1.807, 2.05) is 9.44 Å². The molecule has 30 heavy (non-hydrogen) atoms. The van der Waals surface area contributed by atoms with Crippen LogP contribution in [0.4, 0.5) is 11.4 Å². The van der Waals surface area contributed by atoms with E-state index in [4.69, 9.17) is 11.5 Å². The van der Waals surface area contributed by atoms with Crippen LogP contribution in [0.15, 0.2) is 58.3 Å². The van der Waals surface area contributed by atoms with Crippen LogP contribution in [0.1, 0.15) is 25.7 Å². The maximum absolute atomic E-state index is 12.1. The zero-order chi connectivity index (χ0) is 22.4. The predicted molar refractivity (Wildman–Crippen MR) is 111 cm³/mol. The molecule has 2 aromatic rings. The lowest BCUT2D eigenvalue weighted by Crippen LogP contribution is -2.31. The smallest absolute Gasteiger partial charge is 0.264 e. The second-order valence-electron chi connectivity index (χ2n) is 6.40. The molecular weight excluding hydrogens is 432 g/mol. The van der Waals surface area contributed by atoms with Gasteiger partial charge in [-0.2, -0.15) is 0 Å². The van der Waals surface area contributed by atoms with Gasteiger partial charge in [-0.25, -0.2) is 26.3 Å². The topological polar surface area (TPSA) is 179 Å². The largest absolute Gasteiger partial charge is 0.399 e. The highest BCUT2D eigenvalue weighted by molar-refractivity contribution is 7.90. The van der Waals surface area contributed by atoms with Crippen LogP contribution >= 0.6 is 0 Å². The van der Waals surface area contributed by atoms with Crippen LogP contribution in [-0.2, 0) is 29.6 Å². The number of anilines is 2. The van der Waals surface area contributed by atoms with Crippen LogP contribution in [0.25, 0.3) is 0 Å². The molecule has 0 saturated heterocycles. The van der Waals surface area contributed by atoms with Gasteiger partial charge in [0, 0.05) is 24.2 Å². The quantitative estimate of drug-likeness (QED) is 0.316. The van der Waals surface area contributed by atoms with Crippen molar-refractivity contribution in [1.82, 2.24) is 9.44 Å². The van der Waals surface area contributed by atoms with Crippen molar-refractivity contribution in [2.75, 3.05) is 11.5 Å². The van der Waals surface area contributed by atoms with Gasteiger partial charge in [0.2, 0.25) is 11.8 Å². The van der Waals surface area contributed by atoms with Crippen molar-refractivity contribution in [1.29, 1.82) is 0 Å². The van der Waals surface area contributed by atoms with Gasteiger partial charge in [0.15, 0.2) is 0 Å². The Bertz CT molecular complexity index is 1020. The van der Waals surface area contributed by atoms with Crippen LogP contribution < -0.4 is 20.9 Å². The van der Waals surface area contributed by atoms with Crippen molar-refractivity contribution in [2.24, 2.45) is 0 Å². The molecular formula is C18H22N4O6S2. The average molecular weight is 455 g/mol. The van der Waals surface area contributed by atoms with E-state index >= 15 is 0 Å². The van der Waals surface area contributed by atoms with E-state index in [2.05, 4.69) is 0 Å². The van der Waals surface area contributed by atoms with E-state index in [9.17, 15) is 26.4 Å². The number of nitrogens with one attached hydrogen (secondary N) is 2. The molecule has 0 aromatic heterocycles. The van der Waals surface area contributed by atoms with Crippen LogP contribution in [-0.4, -0.2) is 28.6 Å². The first-order valence-corrected chi connectivity index (χ1v) is 11.8. The number of carbonyl (C=O) groups excluding carboxylic acids is 2. The first-order chi connectivity index (χ1) is 14.0. The summed E-state index contributed by atoms with van der Waals surface area (Å²) in [5.41, 5.74) is 11.8. The van der Waals surface area contributed by atoms with E-state index < -0.39 is 31.9 Å². The van der Waals surface area contributed by atoms with Gasteiger partial charge in [-0.3, -0.25) is 9.59 Å². The molecule has 0 heterocycles. The third kappa shape index (κ3) is 6.74. The van der Waals surface area contributed by atoms with Gasteiger partial charge >= 0.3 is 0 Å². The molecule has 0 radical (unpaired) electrons. The van der Waals surface area contributed by atoms with E-state index in [-0.39, 0.29) is 35.5 Å². The SMILES string of the molecule is Nc1ccc(S(=O)(=O)NC(=O)CCCCC(=O)NS(=O)(=O)c2ccc(N)cc2)cc1. The molecule has 0 fully saturated rings. The summed E-state index contributed by atoms with van der Waals surface area (Å²) in [6, 6.07) is 10.7. The fourth-order valence-corrected chi connectivity index (χ4v) is 4.41. The number of unbranched alkanes of at least 4 members (excludes halogenated alkanes) is 1. The van der Waals surface area contributed by atoms with E-state index in [0.29, 0.717) is 11.4 Å². The Balaban J connectivity index is 1.77. The van der Waals surface area contributed by atoms with E-state index in [1.54, 1.807) is 0 Å². The summed E-state index contributed by atoms with van der Waals surface area (Å²) in [6.45, 7) is 0. The summed E-state index contributed by atoms with van der Waals surface area (Å²) in [5.74, 6) is -1.47. The first-order valence-electron chi connectivity index (χ1n) is 8.82. The zero-order valence-corrected chi connectivity index (χ0v) is 17.5. The minimum absolute atomic E-state index is 0.0997. The summed E-state index contributed by atoms with van der Waals surface area (Å²) in [4.78, 5) is 23.5. The highest BCUT2D eigenvalue weighted by atomic mass is 32.2. The first kappa shape index (κ1) is 23.2. The molecule has 2 amide bonds. The Labute approximate surface area is 174 Å². The summed E-state index contributed by atoms with van der Waals surface area (Å²) in [6.07, 6.45) is 0.0925. The monoisotopic (exact) mass is 454 g/mol. The van der Waals surface area contributed by atoms with Crippen LogP contribution in [0.3, 0.4) is 0 Å². The molecule has 0 saturated carbocycles. The molecule has 2 rings (SSSR count). The van der Waals surface area contributed by atoms with Crippen molar-refractivity contribution in [2.45, 2.75) is 35.5 Å². The highest BCUT2D eigenvalue weighted by Gasteiger charge is 2.19. The fourth-order valence-electron chi connectivity index (χ4n) is 2.38. The molecule has 2 aromatic carbocycles. The summed E-state index contributed by atoms with van der Waals surface area (Å²) in [5, 5.41) is 0. The normalized spacial score (nSPS) is 11.6. The van der Waals surface area contributed by atoms with Gasteiger partial charge in [0.25, 0.3) is 20.0 Å². The number of hydrogen-bond acceptors (Lipinski definition) is 8. The number of carbonyl (C=O) groups is 2. The number of nitrogens with two attached hydrogens (primary N) is 2. The van der Waals surface area contributed by atoms with Gasteiger partial charge < -0.3 is 11.5 Å². The number of rotatable bonds is 9. The number of sulfonamides is 2. The average Bonchev–Trinajstić information content (AvgIpc) is 2.65. The lowest BCUT2D eigenvalue weighted by molar-refractivity contribution is -0.121. The fraction of sp³-hybridized carbons (Fsp3) is 0.222. The second kappa shape index (κ2) is 9.59. The number of nitrogen functional groups attached to an aromatic ring is 2. The van der Waals surface area contributed by atoms with Crippen LogP contribution in [0.2, 0.25) is 0 Å². The van der Waals surface area contributed by atoms with Crippen molar-refractivity contribution < 1.29 is 26.4 Å². The molecule has 6 N–H and O–H groups in total. The van der Waals surface area contributed by atoms with E-state index in [1.165, 1.54) is 48.5 Å². The minimum atomic E-state index is -4.01. The third-order valence-electron chi connectivity index (χ3n) is 3.93. The zero-order valence-electron chi connectivity index (χ0n) is 15.9. The number of amides is 2. The maximum Gasteiger partial charge on any atom is 0.264 e. The van der Waals surface area contributed by atoms with Gasteiger partial charge in [0.1, 0.15) is 0 Å². The Morgan fingerprint density at radius 1 is 0.633 bits per heavy atom. The van der Waals surface area contributed by atoms with Crippen molar-refractivity contribution in [3.8, 4) is 0 Å². The Hall–Kier alpha value is -3.12. The molecule has 0 aliphatic heterocycles. The Morgan fingerprint density at radius 2 is 0.933 bits per heavy atom. The lowest BCUT2D eigenvalue weighted by atomic mass is 10.2. The van der Waals surface area contributed by atoms with Gasteiger partial charge in [-0.1, -0.05) is 0 Å². The molecule has 0 aliphatic carbocycles. The summed E-state index contributed by atoms with van der Waals surface area (Å²) >= 11 is 0. The lowest BCUT2D eigenvalue weighted by Gasteiger charge is -2.08. The summed E-state index contributed by atoms with van der Waals surface area (Å²) < 4.78 is 52.2. The van der Waals surface area contributed by atoms with Crippen LogP contribution in [0, 0.1) is 0 Å². The third-order valence-corrected chi connectivity index (χ3v) is 6.71. The Morgan fingerprint density at radius 3 is 1.23 bits per heavy atom. The molecule has 0 aliphatic rings. The molecule has 0 unspecified atom stereocenters. The maximum atomic E-state index is 12.1. The van der Waals surface area contributed by atoms with Gasteiger partial charge in [-0.05, 0) is 61.4 Å². The Kier molecular flexibility index (Phi) is 7.40. The van der Waals surface area contributed by atoms with Crippen molar-refractivity contribution in [3.05, 3.63) is 48.5 Å². The van der Waals surface area contributed by atoms with E-state index in [0.717, 1.165) is 0 Å². The predicted octanol–water partition coefficient (Wildman–Crippen LogP) is 0.721. The van der Waals surface area contributed by atoms with Crippen molar-refractivity contribution in [3.63, 3.8) is 0 Å². The molecule has 0 spiro atoms. The summed E-state index contributed by atoms with van der Waals surface area (Å²) in [7, 11) is -8.02. The van der Waals surface area contributed by atoms with Crippen LogP contribution in [0.5, 0.6) is 0 Å². The standard InChI is InChI=1S/C18H22N4O6S2/c19-13-5-9-15(10-6-13)29(25,26)21-17(23)3-1-2-4-18(24)22-30(27,28)16-11-7-14(20)8-12-16/h5-12H,1-4,19-20H2,(H,21,23)(H,22,24). The molecule has 162 valence electrons.